The minimum atomic E-state index is -1.11. The molecule has 3 aromatic rings. The number of carbonyl (C=O) groups is 2. The van der Waals surface area contributed by atoms with Gasteiger partial charge in [0, 0.05) is 17.7 Å². The number of aliphatic hydroxyl groups excluding tert-OH is 1. The van der Waals surface area contributed by atoms with Crippen molar-refractivity contribution in [2.45, 2.75) is 12.6 Å². The van der Waals surface area contributed by atoms with Gasteiger partial charge in [-0.1, -0.05) is 24.3 Å². The van der Waals surface area contributed by atoms with Gasteiger partial charge in [0.05, 0.1) is 29.3 Å². The number of amides is 1. The number of likely N-dealkylation sites (tertiary alicyclic amines) is 1. The number of hydrogen-bond donors (Lipinski definition) is 1. The molecule has 4 rings (SSSR count). The number of aliphatic hydroxyl groups is 1. The maximum atomic E-state index is 14.0. The summed E-state index contributed by atoms with van der Waals surface area (Å²) in [4.78, 5) is 37.3. The quantitative estimate of drug-likeness (QED) is 0.219. The second-order valence-electron chi connectivity index (χ2n) is 6.87. The number of nitrogens with zero attached hydrogens (tertiary/aromatic N) is 2. The third kappa shape index (κ3) is 3.68. The molecule has 1 saturated heterocycles. The molecule has 1 amide bonds. The highest BCUT2D eigenvalue weighted by Crippen LogP contribution is 2.40. The minimum Gasteiger partial charge on any atom is -0.507 e. The van der Waals surface area contributed by atoms with E-state index in [2.05, 4.69) is 0 Å². The van der Waals surface area contributed by atoms with Gasteiger partial charge < -0.3 is 14.4 Å². The molecule has 31 heavy (non-hydrogen) atoms. The summed E-state index contributed by atoms with van der Waals surface area (Å²) in [7, 11) is 0. The molecule has 2 aromatic carbocycles. The fraction of sp³-hybridized carbons (Fsp3) is 0.0909. The van der Waals surface area contributed by atoms with Crippen LogP contribution in [-0.4, -0.2) is 26.6 Å². The Bertz CT molecular complexity index is 1220. The first-order valence-electron chi connectivity index (χ1n) is 9.18. The van der Waals surface area contributed by atoms with E-state index in [1.165, 1.54) is 47.6 Å². The van der Waals surface area contributed by atoms with E-state index >= 15 is 0 Å². The Hall–Kier alpha value is -4.27. The van der Waals surface area contributed by atoms with E-state index in [9.17, 15) is 29.2 Å². The van der Waals surface area contributed by atoms with Gasteiger partial charge in [0.25, 0.3) is 17.4 Å². The van der Waals surface area contributed by atoms with Crippen molar-refractivity contribution in [2.75, 3.05) is 0 Å². The van der Waals surface area contributed by atoms with Crippen LogP contribution in [0.1, 0.15) is 22.9 Å². The van der Waals surface area contributed by atoms with Gasteiger partial charge in [-0.2, -0.15) is 0 Å². The van der Waals surface area contributed by atoms with Crippen molar-refractivity contribution in [3.63, 3.8) is 0 Å². The monoisotopic (exact) mass is 422 g/mol. The van der Waals surface area contributed by atoms with Crippen LogP contribution < -0.4 is 0 Å². The maximum Gasteiger partial charge on any atom is 0.296 e. The summed E-state index contributed by atoms with van der Waals surface area (Å²) < 4.78 is 19.2. The van der Waals surface area contributed by atoms with Crippen molar-refractivity contribution in [3.05, 3.63) is 105 Å². The molecule has 0 bridgehead atoms. The number of halogens is 1. The Morgan fingerprint density at radius 1 is 1.13 bits per heavy atom. The first-order chi connectivity index (χ1) is 14.9. The average molecular weight is 422 g/mol. The van der Waals surface area contributed by atoms with Crippen LogP contribution in [0.4, 0.5) is 10.1 Å². The van der Waals surface area contributed by atoms with Crippen LogP contribution in [0.25, 0.3) is 5.76 Å². The Kier molecular flexibility index (Phi) is 5.08. The molecular weight excluding hydrogens is 407 g/mol. The number of ketones is 1. The van der Waals surface area contributed by atoms with Crippen LogP contribution in [0.15, 0.2) is 76.9 Å². The molecule has 1 aliphatic heterocycles. The van der Waals surface area contributed by atoms with Crippen LogP contribution in [0.3, 0.4) is 0 Å². The summed E-state index contributed by atoms with van der Waals surface area (Å²) in [6.45, 7) is -0.0928. The highest BCUT2D eigenvalue weighted by Gasteiger charge is 2.46. The van der Waals surface area contributed by atoms with Crippen molar-refractivity contribution in [1.82, 2.24) is 4.90 Å². The molecule has 9 heteroatoms. The van der Waals surface area contributed by atoms with Gasteiger partial charge in [-0.05, 0) is 29.8 Å². The van der Waals surface area contributed by atoms with E-state index in [4.69, 9.17) is 4.42 Å². The van der Waals surface area contributed by atoms with Gasteiger partial charge in [-0.15, -0.1) is 0 Å². The molecule has 0 radical (unpaired) electrons. The van der Waals surface area contributed by atoms with Crippen LogP contribution in [0, 0.1) is 15.9 Å². The van der Waals surface area contributed by atoms with E-state index in [0.29, 0.717) is 5.76 Å². The summed E-state index contributed by atoms with van der Waals surface area (Å²) in [6.07, 6.45) is 1.41. The lowest BCUT2D eigenvalue weighted by molar-refractivity contribution is -0.384. The maximum absolute atomic E-state index is 14.0. The second-order valence-corrected chi connectivity index (χ2v) is 6.87. The number of non-ortho nitro benzene ring substituents is 1. The predicted octanol–water partition coefficient (Wildman–Crippen LogP) is 3.95. The average Bonchev–Trinajstić information content (AvgIpc) is 3.36. The van der Waals surface area contributed by atoms with Crippen LogP contribution >= 0.6 is 0 Å². The molecule has 8 nitrogen and oxygen atoms in total. The fourth-order valence-corrected chi connectivity index (χ4v) is 3.56. The van der Waals surface area contributed by atoms with Crippen molar-refractivity contribution in [1.29, 1.82) is 0 Å². The SMILES string of the molecule is O=C1C(=O)N(Cc2ccco2)C(c2cccc(F)c2)/C1=C(/O)c1cccc([N+](=O)[O-])c1. The molecule has 1 unspecified atom stereocenters. The van der Waals surface area contributed by atoms with Crippen molar-refractivity contribution >= 4 is 23.1 Å². The molecule has 0 saturated carbocycles. The van der Waals surface area contributed by atoms with Gasteiger partial charge in [0.1, 0.15) is 17.3 Å². The molecule has 1 fully saturated rings. The zero-order valence-corrected chi connectivity index (χ0v) is 15.9. The fourth-order valence-electron chi connectivity index (χ4n) is 3.56. The lowest BCUT2D eigenvalue weighted by Crippen LogP contribution is -2.29. The number of nitro benzene ring substituents is 1. The smallest absolute Gasteiger partial charge is 0.296 e. The van der Waals surface area contributed by atoms with Crippen molar-refractivity contribution in [3.8, 4) is 0 Å². The summed E-state index contributed by atoms with van der Waals surface area (Å²) in [6, 6.07) is 12.5. The molecule has 0 aliphatic carbocycles. The molecule has 1 N–H and O–H groups in total. The minimum absolute atomic E-state index is 0.00778. The summed E-state index contributed by atoms with van der Waals surface area (Å²) in [5, 5.41) is 22.0. The molecule has 1 aromatic heterocycles. The highest BCUT2D eigenvalue weighted by atomic mass is 19.1. The van der Waals surface area contributed by atoms with Gasteiger partial charge in [0.2, 0.25) is 0 Å². The zero-order chi connectivity index (χ0) is 22.1. The molecule has 1 atom stereocenters. The van der Waals surface area contributed by atoms with E-state index in [0.717, 1.165) is 12.1 Å². The number of carbonyl (C=O) groups excluding carboxylic acids is 2. The van der Waals surface area contributed by atoms with E-state index in [1.54, 1.807) is 12.1 Å². The zero-order valence-electron chi connectivity index (χ0n) is 15.9. The summed E-state index contributed by atoms with van der Waals surface area (Å²) in [5.74, 6) is -2.67. The van der Waals surface area contributed by atoms with Gasteiger partial charge in [0.15, 0.2) is 0 Å². The Labute approximate surface area is 175 Å². The van der Waals surface area contributed by atoms with Crippen molar-refractivity contribution in [2.24, 2.45) is 0 Å². The molecule has 1 aliphatic rings. The Morgan fingerprint density at radius 2 is 1.90 bits per heavy atom. The van der Waals surface area contributed by atoms with Crippen molar-refractivity contribution < 1.29 is 28.4 Å². The third-order valence-electron chi connectivity index (χ3n) is 4.94. The van der Waals surface area contributed by atoms with Gasteiger partial charge in [-0.3, -0.25) is 19.7 Å². The first-order valence-corrected chi connectivity index (χ1v) is 9.18. The number of hydrogen-bond acceptors (Lipinski definition) is 6. The lowest BCUT2D eigenvalue weighted by atomic mass is 9.95. The number of nitro groups is 1. The van der Waals surface area contributed by atoms with E-state index in [1.807, 2.05) is 0 Å². The van der Waals surface area contributed by atoms with E-state index in [-0.39, 0.29) is 28.9 Å². The topological polar surface area (TPSA) is 114 Å². The van der Waals surface area contributed by atoms with Gasteiger partial charge >= 0.3 is 0 Å². The summed E-state index contributed by atoms with van der Waals surface area (Å²) in [5.41, 5.74) is -0.330. The van der Waals surface area contributed by atoms with Gasteiger partial charge in [-0.25, -0.2) is 4.39 Å². The second kappa shape index (κ2) is 7.86. The molecule has 156 valence electrons. The standard InChI is InChI=1S/C22H15FN2O6/c23-15-6-1-4-13(10-15)19-18(20(26)14-5-2-7-16(11-14)25(29)30)21(27)22(28)24(19)12-17-8-3-9-31-17/h1-11,19,26H,12H2/b20-18-. The number of furan rings is 1. The molecule has 2 heterocycles. The number of rotatable bonds is 5. The normalized spacial score (nSPS) is 17.8. The number of benzene rings is 2. The third-order valence-corrected chi connectivity index (χ3v) is 4.94. The summed E-state index contributed by atoms with van der Waals surface area (Å²) >= 11 is 0. The predicted molar refractivity (Wildman–Crippen MR) is 106 cm³/mol. The Balaban J connectivity index is 1.89. The number of Topliss-reactive ketones (excluding diaryl/α,β-unsaturated/α-hetero) is 1. The van der Waals surface area contributed by atoms with Crippen LogP contribution in [0.5, 0.6) is 0 Å². The van der Waals surface area contributed by atoms with E-state index < -0.39 is 34.2 Å². The lowest BCUT2D eigenvalue weighted by Gasteiger charge is -2.24. The highest BCUT2D eigenvalue weighted by molar-refractivity contribution is 6.46. The first kappa shape index (κ1) is 20.0. The van der Waals surface area contributed by atoms with Crippen LogP contribution in [-0.2, 0) is 16.1 Å². The van der Waals surface area contributed by atoms with Crippen LogP contribution in [0.2, 0.25) is 0 Å². The largest absolute Gasteiger partial charge is 0.507 e. The molecular formula is C22H15FN2O6. The molecule has 0 spiro atoms. The Morgan fingerprint density at radius 3 is 2.58 bits per heavy atom.